The van der Waals surface area contributed by atoms with Gasteiger partial charge in [0.1, 0.15) is 0 Å². The van der Waals surface area contributed by atoms with E-state index in [9.17, 15) is 4.79 Å². The van der Waals surface area contributed by atoms with Gasteiger partial charge in [0.2, 0.25) is 5.91 Å². The van der Waals surface area contributed by atoms with Crippen molar-refractivity contribution in [3.8, 4) is 0 Å². The van der Waals surface area contributed by atoms with E-state index in [0.29, 0.717) is 11.3 Å². The van der Waals surface area contributed by atoms with E-state index in [1.807, 2.05) is 0 Å². The van der Waals surface area contributed by atoms with Gasteiger partial charge in [-0.05, 0) is 17.7 Å². The summed E-state index contributed by atoms with van der Waals surface area (Å²) in [5, 5.41) is 0. The number of carbonyl (C=O) groups excluding carboxylic acids is 1. The van der Waals surface area contributed by atoms with E-state index in [4.69, 9.17) is 11.5 Å². The van der Waals surface area contributed by atoms with Crippen LogP contribution in [-0.2, 0) is 4.79 Å². The molecule has 0 aromatic heterocycles. The second-order valence-corrected chi connectivity index (χ2v) is 2.47. The minimum absolute atomic E-state index is 0.280. The number of nitrogen functional groups attached to an aromatic ring is 1. The van der Waals surface area contributed by atoms with Gasteiger partial charge >= 0.3 is 0 Å². The van der Waals surface area contributed by atoms with E-state index in [0.717, 1.165) is 0 Å². The first kappa shape index (κ1) is 8.33. The maximum absolute atomic E-state index is 10.7. The second kappa shape index (κ2) is 3.09. The third-order valence-electron chi connectivity index (χ3n) is 1.53. The van der Waals surface area contributed by atoms with Crippen molar-refractivity contribution in [1.29, 1.82) is 0 Å². The number of rotatable bonds is 2. The Morgan fingerprint density at radius 2 is 2.08 bits per heavy atom. The summed E-state index contributed by atoms with van der Waals surface area (Å²) in [6, 6.07) is 6.88. The summed E-state index contributed by atoms with van der Waals surface area (Å²) in [5.74, 6) is -0.527. The van der Waals surface area contributed by atoms with Gasteiger partial charge in [-0.15, -0.1) is 0 Å². The molecule has 1 amide bonds. The van der Waals surface area contributed by atoms with Gasteiger partial charge in [-0.3, -0.25) is 4.79 Å². The van der Waals surface area contributed by atoms with Crippen molar-refractivity contribution in [3.05, 3.63) is 36.4 Å². The highest BCUT2D eigenvalue weighted by molar-refractivity contribution is 6.17. The van der Waals surface area contributed by atoms with Crippen LogP contribution in [0.3, 0.4) is 0 Å². The molecular formula is C9H10N2O. The van der Waals surface area contributed by atoms with Crippen LogP contribution in [0, 0.1) is 0 Å². The minimum Gasteiger partial charge on any atom is -0.399 e. The molecule has 0 spiro atoms. The molecule has 0 radical (unpaired) electrons. The molecule has 0 heterocycles. The highest BCUT2D eigenvalue weighted by atomic mass is 16.1. The summed E-state index contributed by atoms with van der Waals surface area (Å²) in [4.78, 5) is 10.7. The monoisotopic (exact) mass is 162 g/mol. The Hall–Kier alpha value is -1.77. The van der Waals surface area contributed by atoms with Crippen LogP contribution in [0.2, 0.25) is 0 Å². The molecule has 0 saturated carbocycles. The molecular weight excluding hydrogens is 152 g/mol. The largest absolute Gasteiger partial charge is 0.399 e. The third kappa shape index (κ3) is 1.63. The Balaban J connectivity index is 3.04. The van der Waals surface area contributed by atoms with Crippen LogP contribution in [0.1, 0.15) is 5.56 Å². The number of hydrogen-bond acceptors (Lipinski definition) is 2. The van der Waals surface area contributed by atoms with E-state index < -0.39 is 5.91 Å². The molecule has 0 aliphatic heterocycles. The maximum atomic E-state index is 10.7. The van der Waals surface area contributed by atoms with Crippen molar-refractivity contribution in [2.45, 2.75) is 0 Å². The summed E-state index contributed by atoms with van der Waals surface area (Å²) < 4.78 is 0. The molecule has 0 fully saturated rings. The van der Waals surface area contributed by atoms with Gasteiger partial charge in [-0.2, -0.15) is 0 Å². The fourth-order valence-corrected chi connectivity index (χ4v) is 0.869. The Kier molecular flexibility index (Phi) is 2.14. The van der Waals surface area contributed by atoms with Crippen molar-refractivity contribution in [2.75, 3.05) is 5.73 Å². The summed E-state index contributed by atoms with van der Waals surface area (Å²) in [6.45, 7) is 3.54. The van der Waals surface area contributed by atoms with Crippen LogP contribution in [0.4, 0.5) is 5.69 Å². The molecule has 1 aromatic carbocycles. The van der Waals surface area contributed by atoms with E-state index in [2.05, 4.69) is 6.58 Å². The standard InChI is InChI=1S/C9H10N2O/c1-6(9(11)12)7-3-2-4-8(10)5-7/h2-5H,1,10H2,(H2,11,12). The SMILES string of the molecule is C=C(C(N)=O)c1cccc(N)c1. The van der Waals surface area contributed by atoms with Crippen LogP contribution < -0.4 is 11.5 Å². The van der Waals surface area contributed by atoms with E-state index >= 15 is 0 Å². The fourth-order valence-electron chi connectivity index (χ4n) is 0.869. The zero-order valence-electron chi connectivity index (χ0n) is 6.58. The summed E-state index contributed by atoms with van der Waals surface area (Å²) in [6.07, 6.45) is 0. The van der Waals surface area contributed by atoms with Gasteiger partial charge in [0.15, 0.2) is 0 Å². The van der Waals surface area contributed by atoms with Crippen molar-refractivity contribution >= 4 is 17.2 Å². The zero-order valence-corrected chi connectivity index (χ0v) is 6.58. The number of carbonyl (C=O) groups is 1. The first-order valence-electron chi connectivity index (χ1n) is 3.46. The van der Waals surface area contributed by atoms with Crippen LogP contribution >= 0.6 is 0 Å². The lowest BCUT2D eigenvalue weighted by atomic mass is 10.1. The van der Waals surface area contributed by atoms with E-state index in [-0.39, 0.29) is 5.57 Å². The van der Waals surface area contributed by atoms with Crippen molar-refractivity contribution in [2.24, 2.45) is 5.73 Å². The maximum Gasteiger partial charge on any atom is 0.248 e. The molecule has 0 atom stereocenters. The number of hydrogen-bond donors (Lipinski definition) is 2. The molecule has 3 heteroatoms. The molecule has 0 saturated heterocycles. The molecule has 4 N–H and O–H groups in total. The Labute approximate surface area is 70.7 Å². The zero-order chi connectivity index (χ0) is 9.14. The quantitative estimate of drug-likeness (QED) is 0.498. The molecule has 0 unspecified atom stereocenters. The van der Waals surface area contributed by atoms with Gasteiger partial charge in [0, 0.05) is 11.3 Å². The Bertz CT molecular complexity index is 331. The van der Waals surface area contributed by atoms with Crippen LogP contribution in [0.5, 0.6) is 0 Å². The van der Waals surface area contributed by atoms with Crippen molar-refractivity contribution in [1.82, 2.24) is 0 Å². The number of benzene rings is 1. The van der Waals surface area contributed by atoms with Crippen LogP contribution in [0.25, 0.3) is 5.57 Å². The Morgan fingerprint density at radius 1 is 1.42 bits per heavy atom. The predicted molar refractivity (Wildman–Crippen MR) is 49.1 cm³/mol. The van der Waals surface area contributed by atoms with Gasteiger partial charge < -0.3 is 11.5 Å². The first-order chi connectivity index (χ1) is 5.61. The molecule has 12 heavy (non-hydrogen) atoms. The lowest BCUT2D eigenvalue weighted by Crippen LogP contribution is -2.11. The van der Waals surface area contributed by atoms with Crippen LogP contribution in [-0.4, -0.2) is 5.91 Å². The predicted octanol–water partition coefficient (Wildman–Crippen LogP) is 0.767. The second-order valence-electron chi connectivity index (χ2n) is 2.47. The molecule has 0 bridgehead atoms. The van der Waals surface area contributed by atoms with E-state index in [1.165, 1.54) is 0 Å². The van der Waals surface area contributed by atoms with Gasteiger partial charge in [-0.1, -0.05) is 18.7 Å². The summed E-state index contributed by atoms with van der Waals surface area (Å²) in [5.41, 5.74) is 12.1. The van der Waals surface area contributed by atoms with E-state index in [1.54, 1.807) is 24.3 Å². The van der Waals surface area contributed by atoms with Crippen molar-refractivity contribution < 1.29 is 4.79 Å². The normalized spacial score (nSPS) is 9.33. The molecule has 0 aliphatic carbocycles. The third-order valence-corrected chi connectivity index (χ3v) is 1.53. The van der Waals surface area contributed by atoms with Gasteiger partial charge in [-0.25, -0.2) is 0 Å². The lowest BCUT2D eigenvalue weighted by molar-refractivity contribution is -0.112. The number of primary amides is 1. The summed E-state index contributed by atoms with van der Waals surface area (Å²) >= 11 is 0. The molecule has 1 aromatic rings. The van der Waals surface area contributed by atoms with Crippen LogP contribution in [0.15, 0.2) is 30.8 Å². The average Bonchev–Trinajstić information content (AvgIpc) is 2.03. The number of amides is 1. The summed E-state index contributed by atoms with van der Waals surface area (Å²) in [7, 11) is 0. The average molecular weight is 162 g/mol. The van der Waals surface area contributed by atoms with Gasteiger partial charge in [0.25, 0.3) is 0 Å². The molecule has 3 nitrogen and oxygen atoms in total. The molecule has 1 rings (SSSR count). The van der Waals surface area contributed by atoms with Gasteiger partial charge in [0.05, 0.1) is 0 Å². The molecule has 62 valence electrons. The smallest absolute Gasteiger partial charge is 0.248 e. The highest BCUT2D eigenvalue weighted by Gasteiger charge is 2.03. The number of nitrogens with two attached hydrogens (primary N) is 2. The minimum atomic E-state index is -0.527. The fraction of sp³-hybridized carbons (Fsp3) is 0. The lowest BCUT2D eigenvalue weighted by Gasteiger charge is -2.01. The van der Waals surface area contributed by atoms with Crippen molar-refractivity contribution in [3.63, 3.8) is 0 Å². The number of anilines is 1. The first-order valence-corrected chi connectivity index (χ1v) is 3.46. The highest BCUT2D eigenvalue weighted by Crippen LogP contribution is 2.14. The topological polar surface area (TPSA) is 69.1 Å². The Morgan fingerprint density at radius 3 is 2.58 bits per heavy atom. The molecule has 0 aliphatic rings.